The summed E-state index contributed by atoms with van der Waals surface area (Å²) >= 11 is 6.11. The van der Waals surface area contributed by atoms with Gasteiger partial charge in [-0.3, -0.25) is 0 Å². The molecule has 5 heteroatoms. The number of rotatable bonds is 4. The van der Waals surface area contributed by atoms with Crippen LogP contribution in [0, 0.1) is 0 Å². The zero-order valence-electron chi connectivity index (χ0n) is 11.0. The second-order valence-electron chi connectivity index (χ2n) is 4.64. The first-order chi connectivity index (χ1) is 9.06. The smallest absolute Gasteiger partial charge is 0.135 e. The molecule has 1 aromatic carbocycles. The molecular weight excluding hydrogens is 260 g/mol. The van der Waals surface area contributed by atoms with Gasteiger partial charge in [0.25, 0.3) is 0 Å². The van der Waals surface area contributed by atoms with Gasteiger partial charge in [-0.1, -0.05) is 43.6 Å². The molecule has 0 bridgehead atoms. The van der Waals surface area contributed by atoms with Crippen molar-refractivity contribution in [2.24, 2.45) is 0 Å². The van der Waals surface area contributed by atoms with Crippen molar-refractivity contribution in [3.05, 3.63) is 46.7 Å². The van der Waals surface area contributed by atoms with E-state index in [4.69, 9.17) is 17.3 Å². The van der Waals surface area contributed by atoms with Crippen LogP contribution in [0.15, 0.2) is 30.3 Å². The topological polar surface area (TPSA) is 63.8 Å². The molecule has 0 aliphatic carbocycles. The van der Waals surface area contributed by atoms with E-state index < -0.39 is 0 Å². The van der Waals surface area contributed by atoms with Crippen molar-refractivity contribution in [3.8, 4) is 0 Å². The highest BCUT2D eigenvalue weighted by Gasteiger charge is 2.07. The fraction of sp³-hybridized carbons (Fsp3) is 0.286. The van der Waals surface area contributed by atoms with Gasteiger partial charge in [-0.05, 0) is 11.6 Å². The van der Waals surface area contributed by atoms with Crippen molar-refractivity contribution in [1.29, 1.82) is 0 Å². The third-order valence-corrected chi connectivity index (χ3v) is 3.07. The van der Waals surface area contributed by atoms with Crippen LogP contribution in [0.1, 0.15) is 31.2 Å². The first kappa shape index (κ1) is 13.6. The SMILES string of the molecule is CC(C)c1nc(N)cc(NCc2ccccc2Cl)n1. The molecule has 0 fully saturated rings. The van der Waals surface area contributed by atoms with Gasteiger partial charge in [0.2, 0.25) is 0 Å². The summed E-state index contributed by atoms with van der Waals surface area (Å²) in [7, 11) is 0. The number of halogens is 1. The molecule has 2 aromatic rings. The predicted molar refractivity (Wildman–Crippen MR) is 79.3 cm³/mol. The highest BCUT2D eigenvalue weighted by molar-refractivity contribution is 6.31. The molecular formula is C14H17ClN4. The lowest BCUT2D eigenvalue weighted by Gasteiger charge is -2.10. The van der Waals surface area contributed by atoms with E-state index in [0.717, 1.165) is 22.2 Å². The molecule has 100 valence electrons. The van der Waals surface area contributed by atoms with E-state index in [1.54, 1.807) is 6.07 Å². The fourth-order valence-corrected chi connectivity index (χ4v) is 1.86. The number of hydrogen-bond acceptors (Lipinski definition) is 4. The normalized spacial score (nSPS) is 10.7. The Kier molecular flexibility index (Phi) is 4.22. The molecule has 2 rings (SSSR count). The van der Waals surface area contributed by atoms with Crippen molar-refractivity contribution >= 4 is 23.2 Å². The molecule has 0 atom stereocenters. The van der Waals surface area contributed by atoms with Gasteiger partial charge in [0, 0.05) is 23.6 Å². The van der Waals surface area contributed by atoms with Crippen molar-refractivity contribution in [2.45, 2.75) is 26.3 Å². The number of hydrogen-bond donors (Lipinski definition) is 2. The van der Waals surface area contributed by atoms with Crippen molar-refractivity contribution < 1.29 is 0 Å². The summed E-state index contributed by atoms with van der Waals surface area (Å²) in [4.78, 5) is 8.64. The van der Waals surface area contributed by atoms with Gasteiger partial charge >= 0.3 is 0 Å². The van der Waals surface area contributed by atoms with Gasteiger partial charge in [0.15, 0.2) is 0 Å². The van der Waals surface area contributed by atoms with E-state index in [0.29, 0.717) is 12.4 Å². The summed E-state index contributed by atoms with van der Waals surface area (Å²) in [5.74, 6) is 2.17. The van der Waals surface area contributed by atoms with Crippen molar-refractivity contribution in [1.82, 2.24) is 9.97 Å². The minimum atomic E-state index is 0.240. The van der Waals surface area contributed by atoms with E-state index in [9.17, 15) is 0 Å². The maximum atomic E-state index is 6.11. The van der Waals surface area contributed by atoms with Gasteiger partial charge in [0.05, 0.1) is 0 Å². The Bertz CT molecular complexity index is 569. The van der Waals surface area contributed by atoms with Crippen LogP contribution in [-0.2, 0) is 6.54 Å². The molecule has 0 aliphatic rings. The molecule has 0 radical (unpaired) electrons. The zero-order chi connectivity index (χ0) is 13.8. The van der Waals surface area contributed by atoms with Gasteiger partial charge in [-0.15, -0.1) is 0 Å². The Labute approximate surface area is 118 Å². The van der Waals surface area contributed by atoms with Gasteiger partial charge in [-0.2, -0.15) is 0 Å². The lowest BCUT2D eigenvalue weighted by molar-refractivity contribution is 0.777. The molecule has 0 amide bonds. The number of anilines is 2. The minimum absolute atomic E-state index is 0.240. The van der Waals surface area contributed by atoms with Crippen LogP contribution in [-0.4, -0.2) is 9.97 Å². The summed E-state index contributed by atoms with van der Waals surface area (Å²) in [5, 5.41) is 3.96. The maximum absolute atomic E-state index is 6.11. The van der Waals surface area contributed by atoms with Gasteiger partial charge in [0.1, 0.15) is 17.5 Å². The number of benzene rings is 1. The third-order valence-electron chi connectivity index (χ3n) is 2.70. The van der Waals surface area contributed by atoms with E-state index in [1.165, 1.54) is 0 Å². The quantitative estimate of drug-likeness (QED) is 0.898. The van der Waals surface area contributed by atoms with Crippen LogP contribution in [0.4, 0.5) is 11.6 Å². The predicted octanol–water partition coefficient (Wildman–Crippen LogP) is 3.45. The number of nitrogens with two attached hydrogens (primary N) is 1. The van der Waals surface area contributed by atoms with E-state index in [2.05, 4.69) is 15.3 Å². The summed E-state index contributed by atoms with van der Waals surface area (Å²) < 4.78 is 0. The van der Waals surface area contributed by atoms with Crippen LogP contribution in [0.25, 0.3) is 0 Å². The zero-order valence-corrected chi connectivity index (χ0v) is 11.8. The summed E-state index contributed by atoms with van der Waals surface area (Å²) in [5.41, 5.74) is 6.80. The molecule has 0 aliphatic heterocycles. The van der Waals surface area contributed by atoms with Crippen molar-refractivity contribution in [3.63, 3.8) is 0 Å². The molecule has 1 aromatic heterocycles. The van der Waals surface area contributed by atoms with E-state index in [-0.39, 0.29) is 5.92 Å². The highest BCUT2D eigenvalue weighted by atomic mass is 35.5. The Hall–Kier alpha value is -1.81. The van der Waals surface area contributed by atoms with E-state index in [1.807, 2.05) is 38.1 Å². The van der Waals surface area contributed by atoms with Crippen LogP contribution in [0.2, 0.25) is 5.02 Å². The summed E-state index contributed by atoms with van der Waals surface area (Å²) in [6.45, 7) is 4.67. The lowest BCUT2D eigenvalue weighted by atomic mass is 10.2. The molecule has 1 heterocycles. The number of nitrogens with zero attached hydrogens (tertiary/aromatic N) is 2. The maximum Gasteiger partial charge on any atom is 0.135 e. The summed E-state index contributed by atoms with van der Waals surface area (Å²) in [6.07, 6.45) is 0. The Morgan fingerprint density at radius 2 is 2.00 bits per heavy atom. The molecule has 19 heavy (non-hydrogen) atoms. The Balaban J connectivity index is 2.14. The minimum Gasteiger partial charge on any atom is -0.384 e. The monoisotopic (exact) mass is 276 g/mol. The van der Waals surface area contributed by atoms with Crippen LogP contribution >= 0.6 is 11.6 Å². The number of nitrogens with one attached hydrogen (secondary N) is 1. The first-order valence-corrected chi connectivity index (χ1v) is 6.56. The second-order valence-corrected chi connectivity index (χ2v) is 5.04. The first-order valence-electron chi connectivity index (χ1n) is 6.18. The van der Waals surface area contributed by atoms with Crippen LogP contribution in [0.3, 0.4) is 0 Å². The standard InChI is InChI=1S/C14H17ClN4/c1-9(2)14-18-12(16)7-13(19-14)17-8-10-5-3-4-6-11(10)15/h3-7,9H,8H2,1-2H3,(H3,16,17,18,19). The molecule has 0 unspecified atom stereocenters. The lowest BCUT2D eigenvalue weighted by Crippen LogP contribution is -2.07. The molecule has 0 saturated carbocycles. The Morgan fingerprint density at radius 1 is 1.26 bits per heavy atom. The molecule has 0 saturated heterocycles. The molecule has 3 N–H and O–H groups in total. The second kappa shape index (κ2) is 5.89. The number of aromatic nitrogens is 2. The fourth-order valence-electron chi connectivity index (χ4n) is 1.66. The average Bonchev–Trinajstić information content (AvgIpc) is 2.37. The van der Waals surface area contributed by atoms with Gasteiger partial charge < -0.3 is 11.1 Å². The van der Waals surface area contributed by atoms with Crippen molar-refractivity contribution in [2.75, 3.05) is 11.1 Å². The van der Waals surface area contributed by atoms with Gasteiger partial charge in [-0.25, -0.2) is 9.97 Å². The molecule has 0 spiro atoms. The summed E-state index contributed by atoms with van der Waals surface area (Å²) in [6, 6.07) is 9.43. The largest absolute Gasteiger partial charge is 0.384 e. The molecule has 4 nitrogen and oxygen atoms in total. The van der Waals surface area contributed by atoms with Crippen LogP contribution < -0.4 is 11.1 Å². The number of nitrogen functional groups attached to an aromatic ring is 1. The van der Waals surface area contributed by atoms with E-state index >= 15 is 0 Å². The average molecular weight is 277 g/mol. The third kappa shape index (κ3) is 3.58. The highest BCUT2D eigenvalue weighted by Crippen LogP contribution is 2.18. The van der Waals surface area contributed by atoms with Crippen LogP contribution in [0.5, 0.6) is 0 Å². The Morgan fingerprint density at radius 3 is 2.68 bits per heavy atom.